The van der Waals surface area contributed by atoms with Gasteiger partial charge in [0, 0.05) is 45.9 Å². The molecule has 11 rings (SSSR count). The van der Waals surface area contributed by atoms with Gasteiger partial charge in [0.1, 0.15) is 24.0 Å². The number of aromatic nitrogens is 2. The van der Waals surface area contributed by atoms with Gasteiger partial charge in [-0.25, -0.2) is 4.98 Å². The molecule has 0 amide bonds. The van der Waals surface area contributed by atoms with Crippen LogP contribution in [0.1, 0.15) is 29.1 Å². The molecule has 8 aromatic carbocycles. The summed E-state index contributed by atoms with van der Waals surface area (Å²) < 4.78 is 27.8. The van der Waals surface area contributed by atoms with Crippen LogP contribution in [0.2, 0.25) is 0 Å². The fraction of sp³-hybridized carbons (Fsp3) is 0.0862. The molecular weight excluding hydrogens is 769 g/mol. The molecule has 63 heavy (non-hydrogen) atoms. The molecule has 2 aromatic heterocycles. The summed E-state index contributed by atoms with van der Waals surface area (Å²) in [5.41, 5.74) is 12.7. The summed E-state index contributed by atoms with van der Waals surface area (Å²) in [5, 5.41) is 2.30. The number of para-hydroxylation sites is 4. The lowest BCUT2D eigenvalue weighted by Crippen LogP contribution is -2.25. The van der Waals surface area contributed by atoms with E-state index in [0.29, 0.717) is 24.3 Å². The molecule has 0 spiro atoms. The van der Waals surface area contributed by atoms with E-state index in [1.807, 2.05) is 79.0 Å². The third-order valence-electron chi connectivity index (χ3n) is 12.1. The lowest BCUT2D eigenvalue weighted by atomic mass is 9.88. The molecule has 304 valence electrons. The van der Waals surface area contributed by atoms with Crippen molar-refractivity contribution in [3.05, 3.63) is 218 Å². The Hall–Kier alpha value is -7.89. The fourth-order valence-electron chi connectivity index (χ4n) is 8.97. The highest BCUT2D eigenvalue weighted by molar-refractivity contribution is 6.09. The van der Waals surface area contributed by atoms with Gasteiger partial charge in [0.15, 0.2) is 0 Å². The van der Waals surface area contributed by atoms with Gasteiger partial charge in [-0.2, -0.15) is 0 Å². The summed E-state index contributed by atoms with van der Waals surface area (Å²) >= 11 is 0. The van der Waals surface area contributed by atoms with Gasteiger partial charge in [-0.1, -0.05) is 160 Å². The van der Waals surface area contributed by atoms with Crippen LogP contribution >= 0.6 is 0 Å². The molecule has 1 aliphatic heterocycles. The molecule has 0 radical (unpaired) electrons. The van der Waals surface area contributed by atoms with Crippen molar-refractivity contribution in [1.82, 2.24) is 9.55 Å². The van der Waals surface area contributed by atoms with Crippen molar-refractivity contribution < 1.29 is 7.48 Å². The first kappa shape index (κ1) is 35.8. The molecule has 0 fully saturated rings. The molecule has 5 nitrogen and oxygen atoms in total. The van der Waals surface area contributed by atoms with Gasteiger partial charge < -0.3 is 14.5 Å². The first-order valence-corrected chi connectivity index (χ1v) is 21.5. The summed E-state index contributed by atoms with van der Waals surface area (Å²) in [6.07, 6.45) is 1.91. The van der Waals surface area contributed by atoms with E-state index >= 15 is 0 Å². The molecule has 0 N–H and O–H groups in total. The van der Waals surface area contributed by atoms with E-state index in [4.69, 9.17) is 9.72 Å². The Kier molecular flexibility index (Phi) is 8.84. The van der Waals surface area contributed by atoms with Gasteiger partial charge in [-0.05, 0) is 87.8 Å². The number of hydrogen-bond donors (Lipinski definition) is 0. The lowest BCUT2D eigenvalue weighted by molar-refractivity contribution is 0.483. The maximum Gasteiger partial charge on any atom is 0.137 e. The van der Waals surface area contributed by atoms with Gasteiger partial charge >= 0.3 is 0 Å². The normalized spacial score (nSPS) is 13.0. The second kappa shape index (κ2) is 15.5. The summed E-state index contributed by atoms with van der Waals surface area (Å²) in [5.74, 6) is 2.32. The van der Waals surface area contributed by atoms with Crippen LogP contribution in [0.4, 0.5) is 22.7 Å². The molecule has 1 aliphatic rings. The Bertz CT molecular complexity index is 3390. The van der Waals surface area contributed by atoms with Crippen LogP contribution in [0.5, 0.6) is 11.5 Å². The number of hydrogen-bond acceptors (Lipinski definition) is 4. The maximum absolute atomic E-state index is 9.41. The van der Waals surface area contributed by atoms with Gasteiger partial charge in [-0.3, -0.25) is 4.57 Å². The van der Waals surface area contributed by atoms with Crippen LogP contribution in [0.15, 0.2) is 212 Å². The predicted molar refractivity (Wildman–Crippen MR) is 262 cm³/mol. The molecule has 3 heterocycles. The third-order valence-corrected chi connectivity index (χ3v) is 12.1. The highest BCUT2D eigenvalue weighted by atomic mass is 16.5. The number of benzene rings is 8. The summed E-state index contributed by atoms with van der Waals surface area (Å²) in [6.45, 7) is 7.18. The summed E-state index contributed by atoms with van der Waals surface area (Å²) in [6, 6.07) is 66.9. The molecule has 0 saturated carbocycles. The van der Waals surface area contributed by atoms with E-state index in [9.17, 15) is 2.74 Å². The Morgan fingerprint density at radius 1 is 0.508 bits per heavy atom. The van der Waals surface area contributed by atoms with Crippen LogP contribution in [0, 0.1) is 0 Å². The quantitative estimate of drug-likeness (QED) is 0.153. The second-order valence-corrected chi connectivity index (χ2v) is 17.1. The second-order valence-electron chi connectivity index (χ2n) is 17.1. The number of anilines is 4. The Labute approximate surface area is 371 Å². The molecule has 5 heteroatoms. The number of ether oxygens (including phenoxy) is 1. The Morgan fingerprint density at radius 3 is 1.89 bits per heavy atom. The first-order valence-electron chi connectivity index (χ1n) is 22.5. The predicted octanol–water partition coefficient (Wildman–Crippen LogP) is 15.5. The zero-order chi connectivity index (χ0) is 44.2. The number of pyridine rings is 1. The summed E-state index contributed by atoms with van der Waals surface area (Å²) in [7, 11) is 0. The third kappa shape index (κ3) is 6.98. The minimum Gasteiger partial charge on any atom is -0.457 e. The standard InChI is InChI=1S/C58H46N4O/c1-58(2,3)44-34-35-59-56(36-44)62-52-25-11-10-22-50(52)51-33-32-47(38-55(51)62)63-46-21-14-20-45(37-46)60-39-61(54-27-13-12-26-53(54)60)57-48(42-18-8-5-9-19-42)23-15-24-49(57)43-30-28-41(29-31-43)40-16-6-4-7-17-40/h4-38H,39H2,1-3H3/i30D,31D. The van der Waals surface area contributed by atoms with E-state index in [0.717, 1.165) is 89.7 Å². The average molecular weight is 817 g/mol. The zero-order valence-electron chi connectivity index (χ0n) is 37.5. The monoisotopic (exact) mass is 816 g/mol. The Morgan fingerprint density at radius 2 is 1.13 bits per heavy atom. The van der Waals surface area contributed by atoms with Crippen LogP contribution in [-0.4, -0.2) is 16.2 Å². The largest absolute Gasteiger partial charge is 0.457 e. The minimum absolute atomic E-state index is 0.0255. The van der Waals surface area contributed by atoms with Gasteiger partial charge in [0.25, 0.3) is 0 Å². The first-order chi connectivity index (χ1) is 31.7. The van der Waals surface area contributed by atoms with Gasteiger partial charge in [0.05, 0.1) is 30.8 Å². The molecule has 0 saturated heterocycles. The topological polar surface area (TPSA) is 33.5 Å². The Balaban J connectivity index is 0.983. The van der Waals surface area contributed by atoms with Gasteiger partial charge in [-0.15, -0.1) is 0 Å². The van der Waals surface area contributed by atoms with Gasteiger partial charge in [0.2, 0.25) is 0 Å². The summed E-state index contributed by atoms with van der Waals surface area (Å²) in [4.78, 5) is 9.52. The SMILES string of the molecule is [2H]c1cc(-c2ccccc2)cc([2H])c1-c1cccc(-c2ccccc2)c1N1CN(c2cccc(Oc3ccc4c5ccccc5n(-c5cc(C(C)(C)C)ccn5)c4c3)c2)c2ccccc21. The van der Waals surface area contributed by atoms with Crippen molar-refractivity contribution in [3.63, 3.8) is 0 Å². The average Bonchev–Trinajstić information content (AvgIpc) is 3.88. The van der Waals surface area contributed by atoms with E-state index in [1.54, 1.807) is 0 Å². The molecule has 0 aliphatic carbocycles. The van der Waals surface area contributed by atoms with Crippen LogP contribution in [0.3, 0.4) is 0 Å². The van der Waals surface area contributed by atoms with Crippen LogP contribution < -0.4 is 14.5 Å². The zero-order valence-corrected chi connectivity index (χ0v) is 35.5. The highest BCUT2D eigenvalue weighted by Gasteiger charge is 2.31. The van der Waals surface area contributed by atoms with Crippen LogP contribution in [-0.2, 0) is 5.41 Å². The number of nitrogens with zero attached hydrogens (tertiary/aromatic N) is 4. The van der Waals surface area contributed by atoms with Crippen LogP contribution in [0.25, 0.3) is 61.0 Å². The van der Waals surface area contributed by atoms with Crippen molar-refractivity contribution in [1.29, 1.82) is 0 Å². The van der Waals surface area contributed by atoms with Crippen molar-refractivity contribution in [2.75, 3.05) is 16.5 Å². The lowest BCUT2D eigenvalue weighted by Gasteiger charge is -2.27. The fourth-order valence-corrected chi connectivity index (χ4v) is 8.97. The highest BCUT2D eigenvalue weighted by Crippen LogP contribution is 2.50. The van der Waals surface area contributed by atoms with Crippen molar-refractivity contribution in [3.8, 4) is 50.7 Å². The van der Waals surface area contributed by atoms with E-state index in [1.165, 1.54) is 5.56 Å². The number of rotatable bonds is 8. The van der Waals surface area contributed by atoms with E-state index in [-0.39, 0.29) is 5.41 Å². The van der Waals surface area contributed by atoms with E-state index < -0.39 is 0 Å². The van der Waals surface area contributed by atoms with Crippen molar-refractivity contribution in [2.45, 2.75) is 26.2 Å². The minimum atomic E-state index is -0.0255. The van der Waals surface area contributed by atoms with E-state index in [2.05, 4.69) is 156 Å². The van der Waals surface area contributed by atoms with Crippen molar-refractivity contribution >= 4 is 44.6 Å². The molecule has 0 unspecified atom stereocenters. The molecule has 0 atom stereocenters. The number of fused-ring (bicyclic) bond motifs is 4. The maximum atomic E-state index is 9.41. The molecule has 0 bridgehead atoms. The van der Waals surface area contributed by atoms with Crippen molar-refractivity contribution in [2.24, 2.45) is 0 Å². The molecular formula is C58H46N4O. The molecule has 10 aromatic rings. The smallest absolute Gasteiger partial charge is 0.137 e.